The van der Waals surface area contributed by atoms with E-state index in [9.17, 15) is 5.11 Å². The molecule has 0 amide bonds. The van der Waals surface area contributed by atoms with Gasteiger partial charge < -0.3 is 5.11 Å². The van der Waals surface area contributed by atoms with Crippen LogP contribution < -0.4 is 0 Å². The van der Waals surface area contributed by atoms with Crippen molar-refractivity contribution in [1.29, 1.82) is 0 Å². The minimum absolute atomic E-state index is 0. The average Bonchev–Trinajstić information content (AvgIpc) is 3.72. The molecule has 0 radical (unpaired) electrons. The summed E-state index contributed by atoms with van der Waals surface area (Å²) in [6, 6.07) is 52.8. The summed E-state index contributed by atoms with van der Waals surface area (Å²) in [5.74, 6) is -0.170. The summed E-state index contributed by atoms with van der Waals surface area (Å²) in [6.45, 7) is 20.3. The Morgan fingerprint density at radius 2 is 1.29 bits per heavy atom. The molecule has 0 unspecified atom stereocenters. The quantitative estimate of drug-likeness (QED) is 0.147. The zero-order chi connectivity index (χ0) is 51.7. The number of aromatic hydroxyl groups is 1. The molecule has 0 aliphatic heterocycles. The molecule has 5 heteroatoms. The van der Waals surface area contributed by atoms with E-state index < -0.39 is 18.2 Å². The third-order valence-electron chi connectivity index (χ3n) is 13.2. The van der Waals surface area contributed by atoms with Gasteiger partial charge in [0.2, 0.25) is 0 Å². The third kappa shape index (κ3) is 9.93. The Labute approximate surface area is 430 Å². The molecule has 0 bridgehead atoms. The zero-order valence-corrected chi connectivity index (χ0v) is 43.9. The Morgan fingerprint density at radius 1 is 0.623 bits per heavy atom. The molecule has 0 fully saturated rings. The molecule has 4 nitrogen and oxygen atoms in total. The van der Waals surface area contributed by atoms with Crippen LogP contribution in [0.1, 0.15) is 120 Å². The first-order valence-corrected chi connectivity index (χ1v) is 23.7. The van der Waals surface area contributed by atoms with E-state index in [1.807, 2.05) is 91.3 Å². The minimum Gasteiger partial charge on any atom is -0.507 e. The number of hydrogen-bond acceptors (Lipinski definition) is 3. The maximum Gasteiger partial charge on any atom is 0.148 e. The van der Waals surface area contributed by atoms with E-state index in [0.29, 0.717) is 28.1 Å². The second-order valence-corrected chi connectivity index (χ2v) is 21.0. The molecule has 9 aromatic rings. The number of imidazole rings is 1. The van der Waals surface area contributed by atoms with Crippen molar-refractivity contribution >= 4 is 11.0 Å². The van der Waals surface area contributed by atoms with Crippen LogP contribution in [0.15, 0.2) is 152 Å². The van der Waals surface area contributed by atoms with Crippen LogP contribution >= 0.6 is 0 Å². The molecule has 352 valence electrons. The first kappa shape index (κ1) is 43.9. The van der Waals surface area contributed by atoms with Crippen LogP contribution in [0.25, 0.3) is 83.9 Å². The van der Waals surface area contributed by atoms with Crippen molar-refractivity contribution in [1.82, 2.24) is 14.5 Å². The SMILES string of the molecule is [2H]C([2H])([2H])c1cc(-c2cc(C(C)C)cc(C([2H])(C)C)c2)ccc1-n1c(-c2cc(C(C)(C)C)cc(C(C)(C)C)c2O)nc2c(-c3[c-]c(-c4cc(-c5ccc(C)cc5)ccn4)cc(-c4ccccc4)c3)cccc21.[Pt]. The molecule has 0 aliphatic rings. The molecular weight excluding hydrogens is 1020 g/mol. The van der Waals surface area contributed by atoms with Gasteiger partial charge in [-0.05, 0) is 117 Å². The molecule has 2 heterocycles. The monoisotopic (exact) mass is 1090 g/mol. The normalized spacial score (nSPS) is 13.2. The van der Waals surface area contributed by atoms with Gasteiger partial charge in [-0.25, -0.2) is 4.98 Å². The number of aromatic nitrogens is 3. The van der Waals surface area contributed by atoms with E-state index in [1.54, 1.807) is 6.07 Å². The molecule has 7 aromatic carbocycles. The number of hydrogen-bond donors (Lipinski definition) is 1. The number of pyridine rings is 1. The van der Waals surface area contributed by atoms with Crippen molar-refractivity contribution < 1.29 is 31.7 Å². The van der Waals surface area contributed by atoms with Crippen LogP contribution in [-0.2, 0) is 31.9 Å². The van der Waals surface area contributed by atoms with E-state index in [2.05, 4.69) is 141 Å². The summed E-state index contributed by atoms with van der Waals surface area (Å²) in [6.07, 6.45) is 1.84. The molecular formula is C64H64N3OPt-. The van der Waals surface area contributed by atoms with E-state index in [1.165, 1.54) is 5.56 Å². The van der Waals surface area contributed by atoms with Crippen molar-refractivity contribution in [2.24, 2.45) is 0 Å². The fourth-order valence-corrected chi connectivity index (χ4v) is 9.06. The van der Waals surface area contributed by atoms with Gasteiger partial charge in [0.05, 0.1) is 22.3 Å². The van der Waals surface area contributed by atoms with Crippen LogP contribution in [0.4, 0.5) is 0 Å². The average molecular weight is 1090 g/mol. The summed E-state index contributed by atoms with van der Waals surface area (Å²) in [5, 5.41) is 12.6. The summed E-state index contributed by atoms with van der Waals surface area (Å²) in [5.41, 5.74) is 15.3. The Bertz CT molecular complexity index is 3500. The van der Waals surface area contributed by atoms with Gasteiger partial charge in [0.25, 0.3) is 0 Å². The number of aryl methyl sites for hydroxylation is 2. The van der Waals surface area contributed by atoms with Crippen molar-refractivity contribution in [2.75, 3.05) is 0 Å². The first-order valence-electron chi connectivity index (χ1n) is 25.7. The van der Waals surface area contributed by atoms with E-state index >= 15 is 0 Å². The Balaban J connectivity index is 0.00000711. The predicted molar refractivity (Wildman–Crippen MR) is 287 cm³/mol. The number of rotatable bonds is 9. The maximum absolute atomic E-state index is 12.6. The molecule has 0 spiro atoms. The minimum atomic E-state index is -2.57. The largest absolute Gasteiger partial charge is 0.507 e. The third-order valence-corrected chi connectivity index (χ3v) is 13.2. The Hall–Kier alpha value is -6.35. The summed E-state index contributed by atoms with van der Waals surface area (Å²) in [4.78, 5) is 10.4. The fraction of sp³-hybridized carbons (Fsp3) is 0.250. The number of nitrogens with zero attached hydrogens (tertiary/aromatic N) is 3. The number of benzene rings is 7. The topological polar surface area (TPSA) is 50.9 Å². The summed E-state index contributed by atoms with van der Waals surface area (Å²) in [7, 11) is 0. The molecule has 0 aliphatic carbocycles. The van der Waals surface area contributed by atoms with Gasteiger partial charge in [0.15, 0.2) is 0 Å². The van der Waals surface area contributed by atoms with E-state index in [-0.39, 0.29) is 43.7 Å². The van der Waals surface area contributed by atoms with Gasteiger partial charge in [-0.1, -0.05) is 195 Å². The van der Waals surface area contributed by atoms with Crippen LogP contribution in [-0.4, -0.2) is 19.6 Å². The molecule has 0 atom stereocenters. The van der Waals surface area contributed by atoms with Crippen molar-refractivity contribution in [2.45, 2.75) is 106 Å². The van der Waals surface area contributed by atoms with Gasteiger partial charge in [0, 0.05) is 44.0 Å². The predicted octanol–water partition coefficient (Wildman–Crippen LogP) is 17.4. The van der Waals surface area contributed by atoms with Crippen LogP contribution in [0.5, 0.6) is 5.75 Å². The van der Waals surface area contributed by atoms with E-state index in [4.69, 9.17) is 15.5 Å². The van der Waals surface area contributed by atoms with Gasteiger partial charge in [0.1, 0.15) is 11.6 Å². The molecule has 2 aromatic heterocycles. The second-order valence-electron chi connectivity index (χ2n) is 21.0. The van der Waals surface area contributed by atoms with Crippen LogP contribution in [0.2, 0.25) is 0 Å². The number of phenolic OH excluding ortho intramolecular Hbond substituents is 1. The van der Waals surface area contributed by atoms with Crippen LogP contribution in [0, 0.1) is 19.8 Å². The molecule has 0 saturated carbocycles. The fourth-order valence-electron chi connectivity index (χ4n) is 9.06. The summed E-state index contributed by atoms with van der Waals surface area (Å²) < 4.78 is 38.4. The number of fused-ring (bicyclic) bond motifs is 1. The van der Waals surface area contributed by atoms with E-state index in [0.717, 1.165) is 78.0 Å². The summed E-state index contributed by atoms with van der Waals surface area (Å²) >= 11 is 0. The zero-order valence-electron chi connectivity index (χ0n) is 45.6. The van der Waals surface area contributed by atoms with Crippen LogP contribution in [0.3, 0.4) is 0 Å². The van der Waals surface area contributed by atoms with Gasteiger partial charge >= 0.3 is 0 Å². The van der Waals surface area contributed by atoms with Gasteiger partial charge in [-0.2, -0.15) is 0 Å². The standard InChI is InChI=1S/C64H64N3O.Pt/c1-39(2)47-30-48(40(3)4)32-50(31-47)45-25-26-58(42(6)29-45)67-59-20-16-19-54(60(59)66-62(67)55-37-53(63(7,8)9)38-56(61(55)68)64(10,11)12)51-33-49(43-17-14-13-15-18-43)34-52(35-51)57-36-46(27-28-65-57)44-23-21-41(5)22-24-44;/h13-34,36-40,68H,1-12H3;/q-1;/i6D3,39D;. The van der Waals surface area contributed by atoms with Crippen molar-refractivity contribution in [3.63, 3.8) is 0 Å². The van der Waals surface area contributed by atoms with Crippen molar-refractivity contribution in [3.05, 3.63) is 191 Å². The maximum atomic E-state index is 12.6. The molecule has 9 rings (SSSR count). The smallest absolute Gasteiger partial charge is 0.148 e. The number of phenols is 1. The first-order chi connectivity index (χ1) is 33.8. The molecule has 1 N–H and O–H groups in total. The van der Waals surface area contributed by atoms with Gasteiger partial charge in [-0.15, -0.1) is 23.8 Å². The molecule has 0 saturated heterocycles. The number of para-hydroxylation sites is 1. The Morgan fingerprint density at radius 3 is 1.97 bits per heavy atom. The van der Waals surface area contributed by atoms with Gasteiger partial charge in [-0.3, -0.25) is 9.55 Å². The van der Waals surface area contributed by atoms with Crippen molar-refractivity contribution in [3.8, 4) is 78.6 Å². The molecule has 69 heavy (non-hydrogen) atoms. The Kier molecular flexibility index (Phi) is 12.2. The second kappa shape index (κ2) is 19.2.